The molecule has 0 bridgehead atoms. The number of nitrogens with zero attached hydrogens (tertiary/aromatic N) is 2. The minimum absolute atomic E-state index is 0. The van der Waals surface area contributed by atoms with E-state index >= 15 is 0 Å². The summed E-state index contributed by atoms with van der Waals surface area (Å²) < 4.78 is 1.60. The molecule has 0 aliphatic carbocycles. The second kappa shape index (κ2) is 32.6. The minimum Gasteiger partial charge on any atom is -0.493 e. The van der Waals surface area contributed by atoms with Crippen molar-refractivity contribution in [3.8, 4) is 0 Å². The summed E-state index contributed by atoms with van der Waals surface area (Å²) in [6.45, 7) is 13.0. The zero-order chi connectivity index (χ0) is 36.8. The summed E-state index contributed by atoms with van der Waals surface area (Å²) in [6.07, 6.45) is 27.4. The van der Waals surface area contributed by atoms with Crippen LogP contribution in [-0.4, -0.2) is 28.1 Å². The van der Waals surface area contributed by atoms with Crippen molar-refractivity contribution >= 4 is 11.4 Å². The van der Waals surface area contributed by atoms with Gasteiger partial charge < -0.3 is 15.7 Å². The predicted octanol–water partition coefficient (Wildman–Crippen LogP) is 13.8. The Hall–Kier alpha value is -2.07. The molecule has 3 rings (SSSR count). The fourth-order valence-corrected chi connectivity index (χ4v) is 6.83. The average Bonchev–Trinajstić information content (AvgIpc) is 3.39. The van der Waals surface area contributed by atoms with E-state index in [9.17, 15) is 5.53 Å². The summed E-state index contributed by atoms with van der Waals surface area (Å²) in [5, 5.41) is 15.1. The maximum absolute atomic E-state index is 12.1. The van der Waals surface area contributed by atoms with Gasteiger partial charge in [-0.1, -0.05) is 142 Å². The number of aliphatic hydroxyl groups excluding tert-OH is 2. The number of hydrogen-bond donors (Lipinski definition) is 2. The molecule has 5 heteroatoms. The molecule has 0 unspecified atom stereocenters. The van der Waals surface area contributed by atoms with E-state index in [1.807, 2.05) is 0 Å². The standard InChI is InChI=1S/C42H64N2.2C2H6O.Ni/c1-5-9-13-15-16-17-18-19-22-32-40-39(31-20-11-7-3)41(37-29-23-27-35(33-37)25-12-8-4)44(43)42(40)38-30-24-28-36(34-38)26-21-14-10-6-2;2*1-2-3;/h23-24,27-30,33-34H,5-22,25-26,31-32H2,1-4H3;2*3H,2H2,1H3;. The summed E-state index contributed by atoms with van der Waals surface area (Å²) in [4.78, 5) is 0. The van der Waals surface area contributed by atoms with Gasteiger partial charge >= 0.3 is 0 Å². The first-order chi connectivity index (χ1) is 24.5. The first kappa shape index (κ1) is 48.9. The molecule has 0 spiro atoms. The summed E-state index contributed by atoms with van der Waals surface area (Å²) >= 11 is 0. The molecular formula is C46H76N2NiO2. The molecule has 1 heterocycles. The number of rotatable bonds is 24. The van der Waals surface area contributed by atoms with Crippen molar-refractivity contribution in [2.45, 2.75) is 183 Å². The quantitative estimate of drug-likeness (QED) is 0.0638. The third-order valence-electron chi connectivity index (χ3n) is 9.46. The molecule has 1 aliphatic heterocycles. The van der Waals surface area contributed by atoms with Gasteiger partial charge in [0.05, 0.1) is 0 Å². The molecule has 0 saturated heterocycles. The van der Waals surface area contributed by atoms with Gasteiger partial charge in [0.2, 0.25) is 11.4 Å². The topological polar surface area (TPSA) is 65.8 Å². The van der Waals surface area contributed by atoms with E-state index in [0.29, 0.717) is 0 Å². The number of aryl methyl sites for hydroxylation is 2. The van der Waals surface area contributed by atoms with Gasteiger partial charge in [0.1, 0.15) is 0 Å². The van der Waals surface area contributed by atoms with Gasteiger partial charge in [-0.05, 0) is 101 Å². The molecule has 4 nitrogen and oxygen atoms in total. The fourth-order valence-electron chi connectivity index (χ4n) is 6.83. The monoisotopic (exact) mass is 747 g/mol. The Morgan fingerprint density at radius 3 is 1.20 bits per heavy atom. The van der Waals surface area contributed by atoms with Crippen LogP contribution < -0.4 is 0 Å². The van der Waals surface area contributed by atoms with E-state index in [1.54, 1.807) is 18.5 Å². The first-order valence-electron chi connectivity index (χ1n) is 20.8. The summed E-state index contributed by atoms with van der Waals surface area (Å²) in [5.41, 5.74) is 22.1. The van der Waals surface area contributed by atoms with Crippen LogP contribution >= 0.6 is 0 Å². The zero-order valence-corrected chi connectivity index (χ0v) is 34.7. The van der Waals surface area contributed by atoms with Crippen LogP contribution in [0, 0.1) is 0 Å². The van der Waals surface area contributed by atoms with Crippen LogP contribution in [0.2, 0.25) is 0 Å². The molecule has 0 aromatic heterocycles. The SMILES string of the molecule is CCCCCCCCCCCC1=C(c2cccc(CCCCCC)c2)[N+](=[N-])C(c2cccc(CCCC)c2)=C1CCCCC.CCO.CCO.[Ni]. The van der Waals surface area contributed by atoms with E-state index in [-0.39, 0.29) is 29.7 Å². The number of aliphatic hydroxyl groups is 2. The molecule has 292 valence electrons. The molecule has 2 aromatic rings. The third-order valence-corrected chi connectivity index (χ3v) is 9.46. The van der Waals surface area contributed by atoms with Gasteiger partial charge in [0.15, 0.2) is 0 Å². The molecule has 0 saturated carbocycles. The Balaban J connectivity index is 0.00000333. The number of hydrogen-bond acceptors (Lipinski definition) is 2. The second-order valence-corrected chi connectivity index (χ2v) is 13.9. The Morgan fingerprint density at radius 2 is 0.765 bits per heavy atom. The second-order valence-electron chi connectivity index (χ2n) is 13.9. The van der Waals surface area contributed by atoms with Crippen molar-refractivity contribution in [1.82, 2.24) is 0 Å². The first-order valence-corrected chi connectivity index (χ1v) is 20.8. The van der Waals surface area contributed by atoms with Gasteiger partial charge in [-0.2, -0.15) is 0 Å². The van der Waals surface area contributed by atoms with Crippen molar-refractivity contribution in [2.24, 2.45) is 0 Å². The van der Waals surface area contributed by atoms with Crippen molar-refractivity contribution in [3.63, 3.8) is 0 Å². The third kappa shape index (κ3) is 19.5. The molecule has 2 aromatic carbocycles. The Labute approximate surface area is 325 Å². The van der Waals surface area contributed by atoms with Crippen LogP contribution in [0.3, 0.4) is 0 Å². The van der Waals surface area contributed by atoms with Crippen LogP contribution in [0.4, 0.5) is 0 Å². The average molecular weight is 748 g/mol. The van der Waals surface area contributed by atoms with Gasteiger partial charge in [-0.15, -0.1) is 0 Å². The van der Waals surface area contributed by atoms with Crippen molar-refractivity contribution in [2.75, 3.05) is 13.2 Å². The molecule has 0 amide bonds. The van der Waals surface area contributed by atoms with Crippen LogP contribution in [0.5, 0.6) is 0 Å². The number of allylic oxidation sites excluding steroid dienone is 2. The molecule has 2 N–H and O–H groups in total. The van der Waals surface area contributed by atoms with Crippen molar-refractivity contribution < 1.29 is 31.4 Å². The van der Waals surface area contributed by atoms with Gasteiger partial charge in [0, 0.05) is 52.0 Å². The van der Waals surface area contributed by atoms with Crippen LogP contribution in [0.1, 0.15) is 192 Å². The molecule has 1 aliphatic rings. The Morgan fingerprint density at radius 1 is 0.451 bits per heavy atom. The van der Waals surface area contributed by atoms with E-state index < -0.39 is 0 Å². The Kier molecular flexibility index (Phi) is 31.3. The summed E-state index contributed by atoms with van der Waals surface area (Å²) in [6, 6.07) is 18.1. The summed E-state index contributed by atoms with van der Waals surface area (Å²) in [7, 11) is 0. The normalized spacial score (nSPS) is 12.4. The molecular weight excluding hydrogens is 671 g/mol. The molecule has 0 radical (unpaired) electrons. The smallest absolute Gasteiger partial charge is 0.211 e. The molecule has 0 atom stereocenters. The van der Waals surface area contributed by atoms with Gasteiger partial charge in [0.25, 0.3) is 0 Å². The molecule has 51 heavy (non-hydrogen) atoms. The maximum atomic E-state index is 12.1. The number of benzene rings is 2. The van der Waals surface area contributed by atoms with E-state index in [1.165, 1.54) is 149 Å². The Bertz CT molecular complexity index is 1230. The maximum Gasteiger partial charge on any atom is 0.211 e. The molecule has 0 fully saturated rings. The fraction of sp³-hybridized carbons (Fsp3) is 0.652. The van der Waals surface area contributed by atoms with Crippen molar-refractivity contribution in [1.29, 1.82) is 0 Å². The van der Waals surface area contributed by atoms with E-state index in [0.717, 1.165) is 37.1 Å². The largest absolute Gasteiger partial charge is 0.493 e. The van der Waals surface area contributed by atoms with Crippen LogP contribution in [0.15, 0.2) is 59.7 Å². The van der Waals surface area contributed by atoms with Gasteiger partial charge in [-0.3, -0.25) is 0 Å². The summed E-state index contributed by atoms with van der Waals surface area (Å²) in [5.74, 6) is 0. The zero-order valence-electron chi connectivity index (χ0n) is 33.7. The van der Waals surface area contributed by atoms with E-state index in [4.69, 9.17) is 10.2 Å². The van der Waals surface area contributed by atoms with Gasteiger partial charge in [-0.25, -0.2) is 4.70 Å². The van der Waals surface area contributed by atoms with Crippen LogP contribution in [-0.2, 0) is 29.3 Å². The van der Waals surface area contributed by atoms with Crippen LogP contribution in [0.25, 0.3) is 16.9 Å². The van der Waals surface area contributed by atoms with E-state index in [2.05, 4.69) is 76.2 Å². The van der Waals surface area contributed by atoms with Crippen molar-refractivity contribution in [3.05, 3.63) is 87.5 Å². The predicted molar refractivity (Wildman–Crippen MR) is 218 cm³/mol. The number of unbranched alkanes of at least 4 members (excludes halogenated alkanes) is 14. The minimum atomic E-state index is 0.